The van der Waals surface area contributed by atoms with Crippen LogP contribution in [0.15, 0.2) is 48.5 Å². The lowest BCUT2D eigenvalue weighted by Crippen LogP contribution is -2.37. The van der Waals surface area contributed by atoms with E-state index in [4.69, 9.17) is 11.6 Å². The highest BCUT2D eigenvalue weighted by atomic mass is 35.5. The summed E-state index contributed by atoms with van der Waals surface area (Å²) in [5.41, 5.74) is 2.08. The third kappa shape index (κ3) is 6.25. The van der Waals surface area contributed by atoms with Gasteiger partial charge in [0.05, 0.1) is 0 Å². The molecule has 0 spiro atoms. The average Bonchev–Trinajstić information content (AvgIpc) is 2.67. The lowest BCUT2D eigenvalue weighted by Gasteiger charge is -2.17. The van der Waals surface area contributed by atoms with Crippen molar-refractivity contribution in [3.05, 3.63) is 64.7 Å². The van der Waals surface area contributed by atoms with Gasteiger partial charge < -0.3 is 20.6 Å². The molecule has 0 saturated carbocycles. The van der Waals surface area contributed by atoms with E-state index >= 15 is 0 Å². The molecule has 0 saturated heterocycles. The summed E-state index contributed by atoms with van der Waals surface area (Å²) < 4.78 is 0. The van der Waals surface area contributed by atoms with E-state index in [-0.39, 0.29) is 11.9 Å². The highest BCUT2D eigenvalue weighted by molar-refractivity contribution is 6.30. The van der Waals surface area contributed by atoms with E-state index < -0.39 is 12.0 Å². The van der Waals surface area contributed by atoms with E-state index in [1.165, 1.54) is 0 Å². The van der Waals surface area contributed by atoms with E-state index in [1.54, 1.807) is 36.4 Å². The standard InChI is InChI=1S/C21H26ClN3O3/c1-14(24-20(27)16-6-10-18(11-7-16)25(2)3)12-13-23-21(28)19(26)15-4-8-17(22)9-5-15/h4-11,14,19,26H,12-13H2,1-3H3,(H,23,28)(H,24,27)/t14-,19?/m0/s1. The Balaban J connectivity index is 1.77. The fourth-order valence-corrected chi connectivity index (χ4v) is 2.72. The fourth-order valence-electron chi connectivity index (χ4n) is 2.60. The Labute approximate surface area is 170 Å². The van der Waals surface area contributed by atoms with E-state index in [9.17, 15) is 14.7 Å². The molecule has 2 rings (SSSR count). The Morgan fingerprint density at radius 2 is 1.68 bits per heavy atom. The van der Waals surface area contributed by atoms with Gasteiger partial charge in [0.25, 0.3) is 11.8 Å². The van der Waals surface area contributed by atoms with Gasteiger partial charge in [0.1, 0.15) is 0 Å². The average molecular weight is 404 g/mol. The molecule has 3 N–H and O–H groups in total. The van der Waals surface area contributed by atoms with Crippen LogP contribution in [0.4, 0.5) is 5.69 Å². The second-order valence-electron chi connectivity index (χ2n) is 6.85. The molecule has 2 aromatic rings. The maximum Gasteiger partial charge on any atom is 0.253 e. The van der Waals surface area contributed by atoms with Gasteiger partial charge >= 0.3 is 0 Å². The lowest BCUT2D eigenvalue weighted by molar-refractivity contribution is -0.129. The SMILES string of the molecule is C[C@@H](CCNC(=O)C(O)c1ccc(Cl)cc1)NC(=O)c1ccc(N(C)C)cc1. The quantitative estimate of drug-likeness (QED) is 0.633. The van der Waals surface area contributed by atoms with Crippen molar-refractivity contribution in [2.45, 2.75) is 25.5 Å². The van der Waals surface area contributed by atoms with E-state index in [2.05, 4.69) is 10.6 Å². The van der Waals surface area contributed by atoms with Crippen LogP contribution in [0.5, 0.6) is 0 Å². The van der Waals surface area contributed by atoms with Crippen LogP contribution in [0.25, 0.3) is 0 Å². The van der Waals surface area contributed by atoms with Crippen molar-refractivity contribution >= 4 is 29.1 Å². The summed E-state index contributed by atoms with van der Waals surface area (Å²) in [4.78, 5) is 26.3. The van der Waals surface area contributed by atoms with Crippen LogP contribution in [0.1, 0.15) is 35.4 Å². The van der Waals surface area contributed by atoms with E-state index in [0.29, 0.717) is 29.1 Å². The minimum Gasteiger partial charge on any atom is -0.378 e. The number of anilines is 1. The van der Waals surface area contributed by atoms with Gasteiger partial charge in [-0.1, -0.05) is 23.7 Å². The second kappa shape index (κ2) is 10.1. The van der Waals surface area contributed by atoms with Gasteiger partial charge in [0, 0.05) is 43.0 Å². The molecule has 150 valence electrons. The summed E-state index contributed by atoms with van der Waals surface area (Å²) in [6, 6.07) is 13.7. The highest BCUT2D eigenvalue weighted by Gasteiger charge is 2.17. The van der Waals surface area contributed by atoms with Gasteiger partial charge in [-0.25, -0.2) is 0 Å². The smallest absolute Gasteiger partial charge is 0.253 e. The number of benzene rings is 2. The van der Waals surface area contributed by atoms with Crippen molar-refractivity contribution in [1.29, 1.82) is 0 Å². The molecule has 1 unspecified atom stereocenters. The van der Waals surface area contributed by atoms with Gasteiger partial charge in [0.15, 0.2) is 6.10 Å². The molecule has 6 nitrogen and oxygen atoms in total. The van der Waals surface area contributed by atoms with Crippen LogP contribution in [0, 0.1) is 0 Å². The lowest BCUT2D eigenvalue weighted by atomic mass is 10.1. The predicted octanol–water partition coefficient (Wildman–Crippen LogP) is 2.76. The largest absolute Gasteiger partial charge is 0.378 e. The normalized spacial score (nSPS) is 12.8. The summed E-state index contributed by atoms with van der Waals surface area (Å²) in [6.45, 7) is 2.21. The number of nitrogens with zero attached hydrogens (tertiary/aromatic N) is 1. The molecule has 0 aliphatic heterocycles. The number of amides is 2. The highest BCUT2D eigenvalue weighted by Crippen LogP contribution is 2.16. The Morgan fingerprint density at radius 3 is 2.25 bits per heavy atom. The molecule has 0 bridgehead atoms. The number of aliphatic hydroxyl groups is 1. The van der Waals surface area contributed by atoms with Gasteiger partial charge in [0.2, 0.25) is 0 Å². The van der Waals surface area contributed by atoms with Crippen molar-refractivity contribution in [2.24, 2.45) is 0 Å². The molecule has 0 aliphatic rings. The Kier molecular flexibility index (Phi) is 7.84. The number of hydrogen-bond acceptors (Lipinski definition) is 4. The summed E-state index contributed by atoms with van der Waals surface area (Å²) >= 11 is 5.80. The second-order valence-corrected chi connectivity index (χ2v) is 7.29. The van der Waals surface area contributed by atoms with Gasteiger partial charge in [-0.15, -0.1) is 0 Å². The summed E-state index contributed by atoms with van der Waals surface area (Å²) in [7, 11) is 3.88. The molecule has 0 aliphatic carbocycles. The van der Waals surface area contributed by atoms with Crippen LogP contribution in [0.2, 0.25) is 5.02 Å². The monoisotopic (exact) mass is 403 g/mol. The predicted molar refractivity (Wildman–Crippen MR) is 112 cm³/mol. The van der Waals surface area contributed by atoms with Crippen molar-refractivity contribution in [1.82, 2.24) is 10.6 Å². The van der Waals surface area contributed by atoms with E-state index in [0.717, 1.165) is 5.69 Å². The molecular weight excluding hydrogens is 378 g/mol. The zero-order chi connectivity index (χ0) is 20.7. The Bertz CT molecular complexity index is 792. The molecule has 0 heterocycles. The van der Waals surface area contributed by atoms with E-state index in [1.807, 2.05) is 38.1 Å². The first-order chi connectivity index (χ1) is 13.3. The molecule has 0 fully saturated rings. The topological polar surface area (TPSA) is 81.7 Å². The van der Waals surface area contributed by atoms with Gasteiger partial charge in [-0.3, -0.25) is 9.59 Å². The summed E-state index contributed by atoms with van der Waals surface area (Å²) in [5.74, 6) is -0.648. The van der Waals surface area contributed by atoms with Crippen LogP contribution in [-0.4, -0.2) is 43.6 Å². The molecule has 28 heavy (non-hydrogen) atoms. The minimum absolute atomic E-state index is 0.131. The van der Waals surface area contributed by atoms with Crippen molar-refractivity contribution in [3.8, 4) is 0 Å². The minimum atomic E-state index is -1.25. The number of carbonyl (C=O) groups is 2. The Hall–Kier alpha value is -2.57. The summed E-state index contributed by atoms with van der Waals surface area (Å²) in [6.07, 6.45) is -0.710. The third-order valence-electron chi connectivity index (χ3n) is 4.33. The molecule has 0 radical (unpaired) electrons. The van der Waals surface area contributed by atoms with Crippen LogP contribution >= 0.6 is 11.6 Å². The molecule has 2 atom stereocenters. The number of nitrogens with one attached hydrogen (secondary N) is 2. The molecule has 2 amide bonds. The van der Waals surface area contributed by atoms with Crippen LogP contribution in [0.3, 0.4) is 0 Å². The van der Waals surface area contributed by atoms with Crippen molar-refractivity contribution < 1.29 is 14.7 Å². The number of hydrogen-bond donors (Lipinski definition) is 3. The number of halogens is 1. The van der Waals surface area contributed by atoms with Crippen molar-refractivity contribution in [2.75, 3.05) is 25.5 Å². The third-order valence-corrected chi connectivity index (χ3v) is 4.59. The van der Waals surface area contributed by atoms with Crippen LogP contribution < -0.4 is 15.5 Å². The maximum absolute atomic E-state index is 12.3. The Morgan fingerprint density at radius 1 is 1.07 bits per heavy atom. The first-order valence-corrected chi connectivity index (χ1v) is 9.45. The zero-order valence-corrected chi connectivity index (χ0v) is 17.0. The number of aliphatic hydroxyl groups excluding tert-OH is 1. The van der Waals surface area contributed by atoms with Gasteiger partial charge in [-0.2, -0.15) is 0 Å². The first-order valence-electron chi connectivity index (χ1n) is 9.07. The maximum atomic E-state index is 12.3. The molecule has 0 aromatic heterocycles. The number of rotatable bonds is 8. The fraction of sp³-hybridized carbons (Fsp3) is 0.333. The number of carbonyl (C=O) groups excluding carboxylic acids is 2. The molecule has 2 aromatic carbocycles. The zero-order valence-electron chi connectivity index (χ0n) is 16.3. The molecular formula is C21H26ClN3O3. The first kappa shape index (κ1) is 21.7. The molecule has 7 heteroatoms. The van der Waals surface area contributed by atoms with Gasteiger partial charge in [-0.05, 0) is 55.3 Å². The van der Waals surface area contributed by atoms with Crippen LogP contribution in [-0.2, 0) is 4.79 Å². The summed E-state index contributed by atoms with van der Waals surface area (Å²) in [5, 5.41) is 16.2. The van der Waals surface area contributed by atoms with Crippen molar-refractivity contribution in [3.63, 3.8) is 0 Å².